The summed E-state index contributed by atoms with van der Waals surface area (Å²) in [6.07, 6.45) is 0. The van der Waals surface area contributed by atoms with Gasteiger partial charge in [-0.25, -0.2) is 4.68 Å². The van der Waals surface area contributed by atoms with Gasteiger partial charge in [-0.3, -0.25) is 14.4 Å². The van der Waals surface area contributed by atoms with Crippen LogP contribution in [0.4, 0.5) is 11.4 Å². The molecule has 0 bridgehead atoms. The number of nitrogens with zero attached hydrogens (tertiary/aromatic N) is 2. The highest BCUT2D eigenvalue weighted by Crippen LogP contribution is 2.32. The SMILES string of the molecule is CC(=O)Nc1ccc(C)c(NC(=O)c2c(-c3ccccc3)c(-c3ccccc3)nn(C)c2=O)c1. The second kappa shape index (κ2) is 9.54. The van der Waals surface area contributed by atoms with Crippen LogP contribution in [0, 0.1) is 6.92 Å². The Morgan fingerprint density at radius 2 is 1.47 bits per heavy atom. The normalized spacial score (nSPS) is 10.6. The van der Waals surface area contributed by atoms with E-state index in [0.29, 0.717) is 28.2 Å². The number of rotatable bonds is 5. The maximum atomic E-state index is 13.6. The van der Waals surface area contributed by atoms with Gasteiger partial charge in [-0.2, -0.15) is 5.10 Å². The fourth-order valence-electron chi connectivity index (χ4n) is 3.75. The maximum absolute atomic E-state index is 13.6. The second-order valence-electron chi connectivity index (χ2n) is 7.92. The van der Waals surface area contributed by atoms with Crippen molar-refractivity contribution in [1.29, 1.82) is 0 Å². The van der Waals surface area contributed by atoms with Crippen LogP contribution >= 0.6 is 0 Å². The Kier molecular flexibility index (Phi) is 6.36. The van der Waals surface area contributed by atoms with E-state index in [0.717, 1.165) is 11.1 Å². The van der Waals surface area contributed by atoms with E-state index in [4.69, 9.17) is 0 Å². The molecule has 4 aromatic rings. The van der Waals surface area contributed by atoms with Crippen molar-refractivity contribution in [1.82, 2.24) is 9.78 Å². The molecule has 0 spiro atoms. The van der Waals surface area contributed by atoms with Gasteiger partial charge in [0.2, 0.25) is 5.91 Å². The fraction of sp³-hybridized carbons (Fsp3) is 0.111. The molecule has 170 valence electrons. The lowest BCUT2D eigenvalue weighted by molar-refractivity contribution is -0.114. The van der Waals surface area contributed by atoms with E-state index >= 15 is 0 Å². The molecule has 7 nitrogen and oxygen atoms in total. The Labute approximate surface area is 197 Å². The minimum absolute atomic E-state index is 0.00752. The third kappa shape index (κ3) is 4.63. The van der Waals surface area contributed by atoms with Gasteiger partial charge in [0.25, 0.3) is 11.5 Å². The summed E-state index contributed by atoms with van der Waals surface area (Å²) in [4.78, 5) is 38.3. The van der Waals surface area contributed by atoms with E-state index in [1.807, 2.05) is 67.6 Å². The van der Waals surface area contributed by atoms with Crippen molar-refractivity contribution in [2.45, 2.75) is 13.8 Å². The molecule has 4 rings (SSSR count). The van der Waals surface area contributed by atoms with E-state index in [-0.39, 0.29) is 11.5 Å². The van der Waals surface area contributed by atoms with Gasteiger partial charge in [0.1, 0.15) is 5.56 Å². The number of hydrogen-bond donors (Lipinski definition) is 2. The summed E-state index contributed by atoms with van der Waals surface area (Å²) in [5.41, 5.74) is 3.80. The summed E-state index contributed by atoms with van der Waals surface area (Å²) < 4.78 is 1.18. The third-order valence-electron chi connectivity index (χ3n) is 5.39. The quantitative estimate of drug-likeness (QED) is 0.462. The molecule has 0 saturated carbocycles. The van der Waals surface area contributed by atoms with Crippen LogP contribution in [-0.2, 0) is 11.8 Å². The Balaban J connectivity index is 1.90. The molecule has 2 amide bonds. The largest absolute Gasteiger partial charge is 0.326 e. The number of benzene rings is 3. The molecule has 0 aliphatic heterocycles. The zero-order valence-corrected chi connectivity index (χ0v) is 19.1. The van der Waals surface area contributed by atoms with Crippen LogP contribution in [0.1, 0.15) is 22.8 Å². The fourth-order valence-corrected chi connectivity index (χ4v) is 3.75. The molecule has 0 unspecified atom stereocenters. The van der Waals surface area contributed by atoms with Crippen LogP contribution < -0.4 is 16.2 Å². The van der Waals surface area contributed by atoms with E-state index in [9.17, 15) is 14.4 Å². The molecule has 7 heteroatoms. The molecule has 1 aromatic heterocycles. The van der Waals surface area contributed by atoms with E-state index in [1.54, 1.807) is 18.2 Å². The van der Waals surface area contributed by atoms with Crippen molar-refractivity contribution in [3.05, 3.63) is 100 Å². The van der Waals surface area contributed by atoms with Gasteiger partial charge in [0.05, 0.1) is 5.69 Å². The van der Waals surface area contributed by atoms with Gasteiger partial charge < -0.3 is 10.6 Å². The average Bonchev–Trinajstić information content (AvgIpc) is 2.83. The first kappa shape index (κ1) is 22.7. The van der Waals surface area contributed by atoms with Gasteiger partial charge in [0, 0.05) is 36.5 Å². The van der Waals surface area contributed by atoms with Crippen LogP contribution in [0.5, 0.6) is 0 Å². The number of amides is 2. The lowest BCUT2D eigenvalue weighted by Crippen LogP contribution is -2.31. The molecule has 0 radical (unpaired) electrons. The van der Waals surface area contributed by atoms with Crippen molar-refractivity contribution >= 4 is 23.2 Å². The van der Waals surface area contributed by atoms with Gasteiger partial charge in [-0.15, -0.1) is 0 Å². The highest BCUT2D eigenvalue weighted by molar-refractivity contribution is 6.10. The van der Waals surface area contributed by atoms with Crippen LogP contribution in [0.25, 0.3) is 22.4 Å². The predicted molar refractivity (Wildman–Crippen MR) is 134 cm³/mol. The zero-order chi connectivity index (χ0) is 24.2. The van der Waals surface area contributed by atoms with Gasteiger partial charge in [-0.05, 0) is 30.2 Å². The van der Waals surface area contributed by atoms with Gasteiger partial charge in [0.15, 0.2) is 0 Å². The van der Waals surface area contributed by atoms with Crippen molar-refractivity contribution < 1.29 is 9.59 Å². The van der Waals surface area contributed by atoms with E-state index < -0.39 is 11.5 Å². The molecule has 2 N–H and O–H groups in total. The molecule has 1 heterocycles. The number of carbonyl (C=O) groups excluding carboxylic acids is 2. The molecule has 34 heavy (non-hydrogen) atoms. The third-order valence-corrected chi connectivity index (χ3v) is 5.39. The molecule has 0 fully saturated rings. The summed E-state index contributed by atoms with van der Waals surface area (Å²) in [7, 11) is 1.53. The van der Waals surface area contributed by atoms with Crippen LogP contribution in [0.2, 0.25) is 0 Å². The Hall–Kier alpha value is -4.52. The Morgan fingerprint density at radius 1 is 0.853 bits per heavy atom. The summed E-state index contributed by atoms with van der Waals surface area (Å²) in [6.45, 7) is 3.25. The first-order valence-corrected chi connectivity index (χ1v) is 10.8. The zero-order valence-electron chi connectivity index (χ0n) is 19.1. The van der Waals surface area contributed by atoms with Crippen LogP contribution in [0.15, 0.2) is 83.7 Å². The highest BCUT2D eigenvalue weighted by atomic mass is 16.2. The van der Waals surface area contributed by atoms with E-state index in [1.165, 1.54) is 18.7 Å². The van der Waals surface area contributed by atoms with Crippen molar-refractivity contribution in [3.63, 3.8) is 0 Å². The number of carbonyl (C=O) groups is 2. The highest BCUT2D eigenvalue weighted by Gasteiger charge is 2.24. The second-order valence-corrected chi connectivity index (χ2v) is 7.92. The monoisotopic (exact) mass is 452 g/mol. The lowest BCUT2D eigenvalue weighted by atomic mass is 9.95. The molecule has 0 aliphatic carbocycles. The summed E-state index contributed by atoms with van der Waals surface area (Å²) in [5, 5.41) is 10.1. The minimum Gasteiger partial charge on any atom is -0.326 e. The molecule has 0 saturated heterocycles. The molecular formula is C27H24N4O3. The number of aromatic nitrogens is 2. The topological polar surface area (TPSA) is 93.1 Å². The summed E-state index contributed by atoms with van der Waals surface area (Å²) in [6, 6.07) is 23.9. The van der Waals surface area contributed by atoms with Crippen molar-refractivity contribution in [2.24, 2.45) is 7.05 Å². The molecule has 3 aromatic carbocycles. The Bertz CT molecular complexity index is 1430. The van der Waals surface area contributed by atoms with Gasteiger partial charge in [-0.1, -0.05) is 66.7 Å². The molecule has 0 atom stereocenters. The summed E-state index contributed by atoms with van der Waals surface area (Å²) in [5.74, 6) is -0.773. The number of anilines is 2. The summed E-state index contributed by atoms with van der Waals surface area (Å²) >= 11 is 0. The van der Waals surface area contributed by atoms with Gasteiger partial charge >= 0.3 is 0 Å². The van der Waals surface area contributed by atoms with E-state index in [2.05, 4.69) is 15.7 Å². The average molecular weight is 453 g/mol. The first-order chi connectivity index (χ1) is 16.3. The number of hydrogen-bond acceptors (Lipinski definition) is 4. The number of aryl methyl sites for hydroxylation is 2. The molecule has 0 aliphatic rings. The van der Waals surface area contributed by atoms with Crippen molar-refractivity contribution in [2.75, 3.05) is 10.6 Å². The Morgan fingerprint density at radius 3 is 2.09 bits per heavy atom. The molecular weight excluding hydrogens is 428 g/mol. The van der Waals surface area contributed by atoms with Crippen molar-refractivity contribution in [3.8, 4) is 22.4 Å². The minimum atomic E-state index is -0.554. The number of nitrogens with one attached hydrogen (secondary N) is 2. The van der Waals surface area contributed by atoms with Crippen LogP contribution in [-0.4, -0.2) is 21.6 Å². The standard InChI is InChI=1S/C27H24N4O3/c1-17-14-15-21(28-18(2)32)16-22(17)29-26(33)24-23(19-10-6-4-7-11-19)25(30-31(3)27(24)34)20-12-8-5-9-13-20/h4-16H,1-3H3,(H,28,32)(H,29,33). The maximum Gasteiger partial charge on any atom is 0.280 e. The smallest absolute Gasteiger partial charge is 0.280 e. The lowest BCUT2D eigenvalue weighted by Gasteiger charge is -2.17. The first-order valence-electron chi connectivity index (χ1n) is 10.8. The van der Waals surface area contributed by atoms with Crippen LogP contribution in [0.3, 0.4) is 0 Å². The predicted octanol–water partition coefficient (Wildman–Crippen LogP) is 4.63.